The average molecular weight is 319 g/mol. The molecule has 5 nitrogen and oxygen atoms in total. The van der Waals surface area contributed by atoms with Crippen LogP contribution in [0.4, 0.5) is 8.78 Å². The third-order valence-corrected chi connectivity index (χ3v) is 3.16. The highest BCUT2D eigenvalue weighted by atomic mass is 79.9. The number of hydrogen-bond acceptors (Lipinski definition) is 4. The lowest BCUT2D eigenvalue weighted by atomic mass is 10.1. The van der Waals surface area contributed by atoms with Crippen molar-refractivity contribution in [3.05, 3.63) is 39.6 Å². The summed E-state index contributed by atoms with van der Waals surface area (Å²) in [6, 6.07) is 2.27. The van der Waals surface area contributed by atoms with E-state index in [1.54, 1.807) is 7.05 Å². The smallest absolute Gasteiger partial charge is 0.177 e. The summed E-state index contributed by atoms with van der Waals surface area (Å²) >= 11 is 2.91. The summed E-state index contributed by atoms with van der Waals surface area (Å²) in [5.74, 6) is -1.68. The summed E-state index contributed by atoms with van der Waals surface area (Å²) < 4.78 is 26.1. The van der Waals surface area contributed by atoms with E-state index < -0.39 is 17.7 Å². The van der Waals surface area contributed by atoms with Crippen molar-refractivity contribution < 1.29 is 13.9 Å². The minimum atomic E-state index is -1.04. The second kappa shape index (κ2) is 5.07. The van der Waals surface area contributed by atoms with Crippen LogP contribution in [0.5, 0.6) is 0 Å². The summed E-state index contributed by atoms with van der Waals surface area (Å²) in [5.41, 5.74) is 0.237. The van der Waals surface area contributed by atoms with Crippen molar-refractivity contribution >= 4 is 15.9 Å². The van der Waals surface area contributed by atoms with Gasteiger partial charge in [-0.15, -0.1) is 10.2 Å². The fourth-order valence-electron chi connectivity index (χ4n) is 1.49. The molecule has 2 rings (SSSR count). The van der Waals surface area contributed by atoms with E-state index >= 15 is 0 Å². The first-order chi connectivity index (χ1) is 8.49. The molecule has 1 atom stereocenters. The minimum Gasteiger partial charge on any atom is -0.388 e. The van der Waals surface area contributed by atoms with Crippen LogP contribution in [0.1, 0.15) is 17.5 Å². The predicted octanol–water partition coefficient (Wildman–Crippen LogP) is 1.53. The van der Waals surface area contributed by atoms with Gasteiger partial charge < -0.3 is 5.11 Å². The van der Waals surface area contributed by atoms with Crippen LogP contribution in [0.3, 0.4) is 0 Å². The van der Waals surface area contributed by atoms with Gasteiger partial charge in [-0.3, -0.25) is 0 Å². The van der Waals surface area contributed by atoms with Crippen LogP contribution in [0.2, 0.25) is 0 Å². The zero-order chi connectivity index (χ0) is 13.3. The van der Waals surface area contributed by atoms with Gasteiger partial charge in [-0.05, 0) is 32.8 Å². The van der Waals surface area contributed by atoms with Crippen molar-refractivity contribution in [1.82, 2.24) is 20.2 Å². The maximum Gasteiger partial charge on any atom is 0.177 e. The molecule has 0 fully saturated rings. The highest BCUT2D eigenvalue weighted by Crippen LogP contribution is 2.29. The van der Waals surface area contributed by atoms with Gasteiger partial charge in [0, 0.05) is 6.42 Å². The lowest BCUT2D eigenvalue weighted by Gasteiger charge is -2.11. The molecule has 8 heteroatoms. The van der Waals surface area contributed by atoms with E-state index in [2.05, 4.69) is 31.3 Å². The SMILES string of the molecule is Cn1nnc(CC(O)c2ccc(F)c(F)c2Br)n1. The summed E-state index contributed by atoms with van der Waals surface area (Å²) in [4.78, 5) is 1.25. The molecule has 1 N–H and O–H groups in total. The largest absolute Gasteiger partial charge is 0.388 e. The molecule has 0 saturated heterocycles. The Bertz CT molecular complexity index is 575. The number of aliphatic hydroxyl groups excluding tert-OH is 1. The van der Waals surface area contributed by atoms with Crippen LogP contribution < -0.4 is 0 Å². The van der Waals surface area contributed by atoms with E-state index in [0.29, 0.717) is 5.82 Å². The monoisotopic (exact) mass is 318 g/mol. The van der Waals surface area contributed by atoms with Crippen LogP contribution in [0, 0.1) is 11.6 Å². The Labute approximate surface area is 110 Å². The Morgan fingerprint density at radius 2 is 2.17 bits per heavy atom. The molecular weight excluding hydrogens is 310 g/mol. The molecule has 96 valence electrons. The molecular formula is C10H9BrF2N4O. The van der Waals surface area contributed by atoms with E-state index in [4.69, 9.17) is 0 Å². The summed E-state index contributed by atoms with van der Waals surface area (Å²) in [6.07, 6.45) is -0.976. The second-order valence-corrected chi connectivity index (χ2v) is 4.47. The molecule has 1 aromatic carbocycles. The zero-order valence-corrected chi connectivity index (χ0v) is 10.9. The third-order valence-electron chi connectivity index (χ3n) is 2.35. The number of rotatable bonds is 3. The highest BCUT2D eigenvalue weighted by molar-refractivity contribution is 9.10. The second-order valence-electron chi connectivity index (χ2n) is 3.68. The molecule has 1 unspecified atom stereocenters. The van der Waals surface area contributed by atoms with Crippen molar-refractivity contribution in [2.45, 2.75) is 12.5 Å². The van der Waals surface area contributed by atoms with Gasteiger partial charge in [-0.25, -0.2) is 8.78 Å². The van der Waals surface area contributed by atoms with Gasteiger partial charge in [-0.2, -0.15) is 4.80 Å². The summed E-state index contributed by atoms with van der Waals surface area (Å²) in [7, 11) is 1.59. The summed E-state index contributed by atoms with van der Waals surface area (Å²) in [6.45, 7) is 0. The molecule has 2 aromatic rings. The normalized spacial score (nSPS) is 12.7. The number of hydrogen-bond donors (Lipinski definition) is 1. The first-order valence-electron chi connectivity index (χ1n) is 5.03. The van der Waals surface area contributed by atoms with Gasteiger partial charge >= 0.3 is 0 Å². The Kier molecular flexibility index (Phi) is 3.67. The lowest BCUT2D eigenvalue weighted by molar-refractivity contribution is 0.174. The lowest BCUT2D eigenvalue weighted by Crippen LogP contribution is -2.06. The summed E-state index contributed by atoms with van der Waals surface area (Å²) in [5, 5.41) is 21.2. The standard InChI is InChI=1S/C10H9BrF2N4O/c1-17-15-8(14-16-17)4-7(18)5-2-3-6(12)10(13)9(5)11/h2-3,7,18H,4H2,1H3. The minimum absolute atomic E-state index is 0.0670. The van der Waals surface area contributed by atoms with Crippen molar-refractivity contribution in [3.8, 4) is 0 Å². The van der Waals surface area contributed by atoms with E-state index in [0.717, 1.165) is 6.07 Å². The van der Waals surface area contributed by atoms with Gasteiger partial charge in [0.05, 0.1) is 17.6 Å². The Balaban J connectivity index is 2.24. The van der Waals surface area contributed by atoms with Gasteiger partial charge in [0.2, 0.25) is 0 Å². The van der Waals surface area contributed by atoms with E-state index in [-0.39, 0.29) is 16.5 Å². The quantitative estimate of drug-likeness (QED) is 0.872. The van der Waals surface area contributed by atoms with Crippen molar-refractivity contribution in [3.63, 3.8) is 0 Å². The fraction of sp³-hybridized carbons (Fsp3) is 0.300. The molecule has 0 spiro atoms. The number of nitrogens with zero attached hydrogens (tertiary/aromatic N) is 4. The van der Waals surface area contributed by atoms with Crippen LogP contribution in [0.25, 0.3) is 0 Å². The van der Waals surface area contributed by atoms with Gasteiger partial charge in [0.25, 0.3) is 0 Å². The first kappa shape index (κ1) is 13.0. The van der Waals surface area contributed by atoms with Crippen LogP contribution in [-0.4, -0.2) is 25.3 Å². The molecule has 0 bridgehead atoms. The number of aliphatic hydroxyl groups is 1. The van der Waals surface area contributed by atoms with Gasteiger partial charge in [0.15, 0.2) is 17.5 Å². The van der Waals surface area contributed by atoms with E-state index in [1.807, 2.05) is 0 Å². The maximum absolute atomic E-state index is 13.3. The molecule has 18 heavy (non-hydrogen) atoms. The average Bonchev–Trinajstić information content (AvgIpc) is 2.71. The number of halogens is 3. The van der Waals surface area contributed by atoms with E-state index in [1.165, 1.54) is 10.9 Å². The van der Waals surface area contributed by atoms with Crippen molar-refractivity contribution in [2.75, 3.05) is 0 Å². The molecule has 0 amide bonds. The molecule has 0 aliphatic heterocycles. The van der Waals surface area contributed by atoms with Crippen LogP contribution in [0.15, 0.2) is 16.6 Å². The van der Waals surface area contributed by atoms with Crippen LogP contribution >= 0.6 is 15.9 Å². The number of tetrazole rings is 1. The highest BCUT2D eigenvalue weighted by Gasteiger charge is 2.19. The Hall–Kier alpha value is -1.41. The maximum atomic E-state index is 13.3. The van der Waals surface area contributed by atoms with Crippen molar-refractivity contribution in [2.24, 2.45) is 7.05 Å². The van der Waals surface area contributed by atoms with Crippen LogP contribution in [-0.2, 0) is 13.5 Å². The molecule has 0 radical (unpaired) electrons. The number of benzene rings is 1. The Morgan fingerprint density at radius 1 is 1.44 bits per heavy atom. The van der Waals surface area contributed by atoms with Crippen molar-refractivity contribution in [1.29, 1.82) is 0 Å². The van der Waals surface area contributed by atoms with Gasteiger partial charge in [-0.1, -0.05) is 6.07 Å². The predicted molar refractivity (Wildman–Crippen MR) is 61.5 cm³/mol. The van der Waals surface area contributed by atoms with E-state index in [9.17, 15) is 13.9 Å². The zero-order valence-electron chi connectivity index (χ0n) is 9.31. The fourth-order valence-corrected chi connectivity index (χ4v) is 2.07. The molecule has 0 aliphatic rings. The molecule has 1 heterocycles. The van der Waals surface area contributed by atoms with Gasteiger partial charge in [0.1, 0.15) is 0 Å². The number of aryl methyl sites for hydroxylation is 1. The molecule has 0 aliphatic carbocycles. The molecule has 0 saturated carbocycles. The number of aromatic nitrogens is 4. The topological polar surface area (TPSA) is 63.8 Å². The Morgan fingerprint density at radius 3 is 2.78 bits per heavy atom. The third kappa shape index (κ3) is 2.54. The first-order valence-corrected chi connectivity index (χ1v) is 5.82. The molecule has 1 aromatic heterocycles.